The fraction of sp³-hybridized carbons (Fsp3) is 0.600. The summed E-state index contributed by atoms with van der Waals surface area (Å²) in [6, 6.07) is 1.78. The summed E-state index contributed by atoms with van der Waals surface area (Å²) in [5.74, 6) is 1.26. The molecule has 2 aromatic rings. The first-order valence-electron chi connectivity index (χ1n) is 10.2. The van der Waals surface area contributed by atoms with Crippen molar-refractivity contribution < 1.29 is 4.74 Å². The molecule has 1 saturated heterocycles. The standard InChI is InChI=1S/C20H32N8O/c1-4-29-11-9-23-18-17(15(21)12-28-10-5-7-20(2,3)13-28)26-27-19(18)25-16-6-8-22-14-24-16/h6,8,14,21,23H,4-5,7,9-13H2,1-3H3,(H2,22,24,25,26,27). The zero-order valence-corrected chi connectivity index (χ0v) is 17.6. The Kier molecular flexibility index (Phi) is 7.16. The summed E-state index contributed by atoms with van der Waals surface area (Å²) >= 11 is 0. The minimum atomic E-state index is 0.296. The van der Waals surface area contributed by atoms with Crippen LogP contribution < -0.4 is 10.6 Å². The number of nitrogens with one attached hydrogen (secondary N) is 4. The normalized spacial score (nSPS) is 16.5. The van der Waals surface area contributed by atoms with Gasteiger partial charge in [0.2, 0.25) is 0 Å². The van der Waals surface area contributed by atoms with Crippen molar-refractivity contribution in [2.45, 2.75) is 33.6 Å². The highest BCUT2D eigenvalue weighted by atomic mass is 16.5. The second kappa shape index (κ2) is 9.80. The lowest BCUT2D eigenvalue weighted by Crippen LogP contribution is -2.42. The van der Waals surface area contributed by atoms with E-state index in [9.17, 15) is 0 Å². The minimum absolute atomic E-state index is 0.296. The van der Waals surface area contributed by atoms with Crippen molar-refractivity contribution in [3.63, 3.8) is 0 Å². The Morgan fingerprint density at radius 1 is 1.41 bits per heavy atom. The van der Waals surface area contributed by atoms with Crippen LogP contribution in [0.25, 0.3) is 0 Å². The second-order valence-corrected chi connectivity index (χ2v) is 8.12. The van der Waals surface area contributed by atoms with E-state index < -0.39 is 0 Å². The van der Waals surface area contributed by atoms with Gasteiger partial charge in [0.05, 0.1) is 12.3 Å². The van der Waals surface area contributed by atoms with E-state index in [1.165, 1.54) is 19.2 Å². The lowest BCUT2D eigenvalue weighted by molar-refractivity contribution is 0.133. The number of anilines is 3. The molecule has 0 spiro atoms. The molecule has 1 fully saturated rings. The quantitative estimate of drug-likeness (QED) is 0.358. The van der Waals surface area contributed by atoms with Crippen molar-refractivity contribution in [2.24, 2.45) is 5.41 Å². The Balaban J connectivity index is 1.74. The van der Waals surface area contributed by atoms with Gasteiger partial charge < -0.3 is 20.8 Å². The second-order valence-electron chi connectivity index (χ2n) is 8.12. The molecule has 3 rings (SSSR count). The van der Waals surface area contributed by atoms with E-state index in [1.807, 2.05) is 6.92 Å². The van der Waals surface area contributed by atoms with Crippen LogP contribution in [0.5, 0.6) is 0 Å². The topological polar surface area (TPSA) is 115 Å². The van der Waals surface area contributed by atoms with Gasteiger partial charge in [-0.15, -0.1) is 0 Å². The molecule has 0 radical (unpaired) electrons. The first kappa shape index (κ1) is 21.2. The van der Waals surface area contributed by atoms with Gasteiger partial charge in [-0.05, 0) is 37.8 Å². The molecule has 9 nitrogen and oxygen atoms in total. The van der Waals surface area contributed by atoms with Gasteiger partial charge in [-0.25, -0.2) is 9.97 Å². The fourth-order valence-electron chi connectivity index (χ4n) is 3.68. The van der Waals surface area contributed by atoms with Crippen molar-refractivity contribution in [3.8, 4) is 0 Å². The summed E-state index contributed by atoms with van der Waals surface area (Å²) in [5.41, 5.74) is 2.28. The SMILES string of the molecule is CCOCCNc1c(Nc2ccncn2)n[nH]c1C(=N)CN1CCCC(C)(C)C1. The van der Waals surface area contributed by atoms with E-state index in [1.54, 1.807) is 12.3 Å². The summed E-state index contributed by atoms with van der Waals surface area (Å²) in [7, 11) is 0. The lowest BCUT2D eigenvalue weighted by Gasteiger charge is -2.38. The van der Waals surface area contributed by atoms with Crippen molar-refractivity contribution in [2.75, 3.05) is 50.0 Å². The van der Waals surface area contributed by atoms with Crippen LogP contribution in [0, 0.1) is 10.8 Å². The largest absolute Gasteiger partial charge is 0.380 e. The summed E-state index contributed by atoms with van der Waals surface area (Å²) in [6.07, 6.45) is 5.56. The molecular formula is C20H32N8O. The van der Waals surface area contributed by atoms with Gasteiger partial charge in [-0.1, -0.05) is 13.8 Å². The van der Waals surface area contributed by atoms with Gasteiger partial charge >= 0.3 is 0 Å². The average Bonchev–Trinajstić information content (AvgIpc) is 3.08. The molecule has 0 unspecified atom stereocenters. The third kappa shape index (κ3) is 5.98. The van der Waals surface area contributed by atoms with Gasteiger partial charge in [0.1, 0.15) is 23.5 Å². The summed E-state index contributed by atoms with van der Waals surface area (Å²) in [4.78, 5) is 10.5. The van der Waals surface area contributed by atoms with E-state index >= 15 is 0 Å². The van der Waals surface area contributed by atoms with E-state index in [0.29, 0.717) is 54.8 Å². The fourth-order valence-corrected chi connectivity index (χ4v) is 3.68. The molecule has 1 aliphatic heterocycles. The lowest BCUT2D eigenvalue weighted by atomic mass is 9.84. The molecule has 3 heterocycles. The first-order chi connectivity index (χ1) is 14.0. The molecule has 4 N–H and O–H groups in total. The number of H-pyrrole nitrogens is 1. The maximum Gasteiger partial charge on any atom is 0.177 e. The highest BCUT2D eigenvalue weighted by Gasteiger charge is 2.28. The number of nitrogens with zero attached hydrogens (tertiary/aromatic N) is 4. The molecule has 2 aromatic heterocycles. The molecule has 29 heavy (non-hydrogen) atoms. The number of rotatable bonds is 10. The van der Waals surface area contributed by atoms with Gasteiger partial charge in [0, 0.05) is 32.4 Å². The molecule has 9 heteroatoms. The van der Waals surface area contributed by atoms with Crippen LogP contribution in [0.3, 0.4) is 0 Å². The van der Waals surface area contributed by atoms with Gasteiger partial charge in [0.25, 0.3) is 0 Å². The number of piperidine rings is 1. The molecule has 158 valence electrons. The van der Waals surface area contributed by atoms with Crippen molar-refractivity contribution in [1.29, 1.82) is 5.41 Å². The molecule has 0 aromatic carbocycles. The third-order valence-electron chi connectivity index (χ3n) is 5.01. The van der Waals surface area contributed by atoms with Crippen molar-refractivity contribution in [1.82, 2.24) is 25.1 Å². The molecule has 0 atom stereocenters. The number of likely N-dealkylation sites (tertiary alicyclic amines) is 1. The number of hydrogen-bond donors (Lipinski definition) is 4. The van der Waals surface area contributed by atoms with E-state index in [4.69, 9.17) is 10.1 Å². The average molecular weight is 401 g/mol. The van der Waals surface area contributed by atoms with Crippen LogP contribution in [0.15, 0.2) is 18.6 Å². The smallest absolute Gasteiger partial charge is 0.177 e. The molecule has 0 amide bonds. The molecule has 0 saturated carbocycles. The van der Waals surface area contributed by atoms with Gasteiger partial charge in [0.15, 0.2) is 5.82 Å². The molecule has 1 aliphatic rings. The number of ether oxygens (including phenoxy) is 1. The van der Waals surface area contributed by atoms with Crippen LogP contribution in [0.1, 0.15) is 39.3 Å². The van der Waals surface area contributed by atoms with E-state index in [0.717, 1.165) is 18.8 Å². The van der Waals surface area contributed by atoms with Gasteiger partial charge in [-0.3, -0.25) is 10.00 Å². The van der Waals surface area contributed by atoms with Gasteiger partial charge in [-0.2, -0.15) is 5.10 Å². The Hall–Kier alpha value is -2.52. The van der Waals surface area contributed by atoms with Crippen LogP contribution >= 0.6 is 0 Å². The zero-order valence-electron chi connectivity index (χ0n) is 17.6. The number of aromatic nitrogens is 4. The Morgan fingerprint density at radius 3 is 3.00 bits per heavy atom. The monoisotopic (exact) mass is 400 g/mol. The Labute approximate surface area is 172 Å². The highest BCUT2D eigenvalue weighted by molar-refractivity contribution is 6.04. The first-order valence-corrected chi connectivity index (χ1v) is 10.2. The Morgan fingerprint density at radius 2 is 2.28 bits per heavy atom. The highest BCUT2D eigenvalue weighted by Crippen LogP contribution is 2.30. The molecule has 0 aliphatic carbocycles. The van der Waals surface area contributed by atoms with Crippen molar-refractivity contribution >= 4 is 23.0 Å². The predicted octanol–water partition coefficient (Wildman–Crippen LogP) is 2.88. The number of aromatic amines is 1. The van der Waals surface area contributed by atoms with E-state index in [2.05, 4.69) is 49.5 Å². The zero-order chi connectivity index (χ0) is 20.7. The Bertz CT molecular complexity index is 789. The van der Waals surface area contributed by atoms with Crippen molar-refractivity contribution in [3.05, 3.63) is 24.3 Å². The maximum atomic E-state index is 8.71. The van der Waals surface area contributed by atoms with Crippen LogP contribution in [-0.4, -0.2) is 70.2 Å². The van der Waals surface area contributed by atoms with E-state index in [-0.39, 0.29) is 0 Å². The predicted molar refractivity (Wildman–Crippen MR) is 115 cm³/mol. The minimum Gasteiger partial charge on any atom is -0.380 e. The van der Waals surface area contributed by atoms with Crippen LogP contribution in [0.4, 0.5) is 17.3 Å². The maximum absolute atomic E-state index is 8.71. The molecular weight excluding hydrogens is 368 g/mol. The van der Waals surface area contributed by atoms with Crippen LogP contribution in [-0.2, 0) is 4.74 Å². The van der Waals surface area contributed by atoms with Crippen LogP contribution in [0.2, 0.25) is 0 Å². The number of hydrogen-bond acceptors (Lipinski definition) is 8. The summed E-state index contributed by atoms with van der Waals surface area (Å²) in [6.45, 7) is 11.1. The third-order valence-corrected chi connectivity index (χ3v) is 5.01. The summed E-state index contributed by atoms with van der Waals surface area (Å²) < 4.78 is 5.44. The molecule has 0 bridgehead atoms. The summed E-state index contributed by atoms with van der Waals surface area (Å²) in [5, 5.41) is 22.7.